The topological polar surface area (TPSA) is 40.5 Å². The first kappa shape index (κ1) is 15.8. The molecule has 0 radical (unpaired) electrons. The molecule has 0 saturated carbocycles. The maximum Gasteiger partial charge on any atom is 0.416 e. The number of carboxylic acid groups (broad SMARTS) is 1. The molecule has 21 heavy (non-hydrogen) atoms. The van der Waals surface area contributed by atoms with Gasteiger partial charge in [-0.1, -0.05) is 18.2 Å². The lowest BCUT2D eigenvalue weighted by molar-refractivity contribution is -0.143. The number of halogens is 3. The maximum absolute atomic E-state index is 13.0. The van der Waals surface area contributed by atoms with Gasteiger partial charge in [-0.05, 0) is 44.5 Å². The van der Waals surface area contributed by atoms with Crippen LogP contribution in [-0.4, -0.2) is 29.1 Å². The summed E-state index contributed by atoms with van der Waals surface area (Å²) >= 11 is 0. The Morgan fingerprint density at radius 1 is 1.29 bits per heavy atom. The van der Waals surface area contributed by atoms with Crippen LogP contribution in [0.3, 0.4) is 0 Å². The third kappa shape index (κ3) is 3.56. The average Bonchev–Trinajstić information content (AvgIpc) is 2.45. The van der Waals surface area contributed by atoms with Gasteiger partial charge in [-0.15, -0.1) is 0 Å². The van der Waals surface area contributed by atoms with Crippen molar-refractivity contribution < 1.29 is 23.1 Å². The predicted octanol–water partition coefficient (Wildman–Crippen LogP) is 3.56. The van der Waals surface area contributed by atoms with Crippen LogP contribution in [-0.2, 0) is 11.0 Å². The van der Waals surface area contributed by atoms with Crippen LogP contribution in [0.1, 0.15) is 36.9 Å². The Hall–Kier alpha value is -1.56. The molecule has 1 unspecified atom stereocenters. The first-order valence-corrected chi connectivity index (χ1v) is 6.93. The van der Waals surface area contributed by atoms with Crippen LogP contribution in [0.15, 0.2) is 24.3 Å². The summed E-state index contributed by atoms with van der Waals surface area (Å²) in [6, 6.07) is 5.20. The van der Waals surface area contributed by atoms with E-state index in [0.29, 0.717) is 25.9 Å². The van der Waals surface area contributed by atoms with Gasteiger partial charge in [-0.3, -0.25) is 9.69 Å². The zero-order valence-corrected chi connectivity index (χ0v) is 11.7. The number of nitrogens with zero attached hydrogens (tertiary/aromatic N) is 1. The van der Waals surface area contributed by atoms with E-state index in [4.69, 9.17) is 5.11 Å². The van der Waals surface area contributed by atoms with E-state index in [1.54, 1.807) is 13.0 Å². The van der Waals surface area contributed by atoms with E-state index in [1.807, 2.05) is 4.90 Å². The van der Waals surface area contributed by atoms with Crippen LogP contribution in [0.25, 0.3) is 0 Å². The van der Waals surface area contributed by atoms with E-state index in [1.165, 1.54) is 12.1 Å². The minimum absolute atomic E-state index is 0.249. The first-order valence-electron chi connectivity index (χ1n) is 6.93. The highest BCUT2D eigenvalue weighted by Gasteiger charge is 2.36. The molecule has 3 nitrogen and oxygen atoms in total. The highest BCUT2D eigenvalue weighted by Crippen LogP contribution is 2.37. The first-order chi connectivity index (χ1) is 9.80. The van der Waals surface area contributed by atoms with E-state index in [9.17, 15) is 18.0 Å². The van der Waals surface area contributed by atoms with Crippen molar-refractivity contribution in [3.05, 3.63) is 35.4 Å². The fourth-order valence-corrected chi connectivity index (χ4v) is 2.85. The van der Waals surface area contributed by atoms with Crippen molar-refractivity contribution in [2.75, 3.05) is 13.1 Å². The van der Waals surface area contributed by atoms with Crippen molar-refractivity contribution in [3.8, 4) is 0 Å². The summed E-state index contributed by atoms with van der Waals surface area (Å²) in [4.78, 5) is 12.8. The number of benzene rings is 1. The van der Waals surface area contributed by atoms with Crippen LogP contribution in [0.4, 0.5) is 13.2 Å². The summed E-state index contributed by atoms with van der Waals surface area (Å²) in [7, 11) is 0. The van der Waals surface area contributed by atoms with Gasteiger partial charge in [0.15, 0.2) is 0 Å². The predicted molar refractivity (Wildman–Crippen MR) is 71.8 cm³/mol. The minimum atomic E-state index is -4.37. The molecule has 0 bridgehead atoms. The Morgan fingerprint density at radius 3 is 2.38 bits per heavy atom. The van der Waals surface area contributed by atoms with Gasteiger partial charge in [0.25, 0.3) is 0 Å². The number of hydrogen-bond donors (Lipinski definition) is 1. The van der Waals surface area contributed by atoms with E-state index in [0.717, 1.165) is 6.07 Å². The van der Waals surface area contributed by atoms with Crippen LogP contribution in [0.2, 0.25) is 0 Å². The monoisotopic (exact) mass is 301 g/mol. The fraction of sp³-hybridized carbons (Fsp3) is 0.533. The molecule has 116 valence electrons. The Bertz CT molecular complexity index is 508. The Morgan fingerprint density at radius 2 is 1.86 bits per heavy atom. The molecule has 0 amide bonds. The molecule has 0 aliphatic carbocycles. The minimum Gasteiger partial charge on any atom is -0.481 e. The van der Waals surface area contributed by atoms with E-state index in [2.05, 4.69) is 0 Å². The summed E-state index contributed by atoms with van der Waals surface area (Å²) in [5, 5.41) is 8.96. The van der Waals surface area contributed by atoms with Gasteiger partial charge in [0.05, 0.1) is 11.5 Å². The van der Waals surface area contributed by atoms with Gasteiger partial charge in [0.1, 0.15) is 0 Å². The standard InChI is InChI=1S/C15H18F3NO2/c1-10(19-8-6-11(7-9-19)14(20)21)12-4-2-3-5-13(12)15(16,17)18/h2-5,10-11H,6-9H2,1H3,(H,20,21). The second-order valence-corrected chi connectivity index (χ2v) is 5.41. The fourth-order valence-electron chi connectivity index (χ4n) is 2.85. The summed E-state index contributed by atoms with van der Waals surface area (Å²) in [5.74, 6) is -1.20. The van der Waals surface area contributed by atoms with Crippen molar-refractivity contribution in [2.45, 2.75) is 32.0 Å². The number of piperidine rings is 1. The summed E-state index contributed by atoms with van der Waals surface area (Å²) in [5.41, 5.74) is -0.364. The number of alkyl halides is 3. The Kier molecular flexibility index (Phi) is 4.56. The number of carbonyl (C=O) groups is 1. The molecule has 1 aromatic rings. The van der Waals surface area contributed by atoms with Gasteiger partial charge in [-0.2, -0.15) is 13.2 Å². The molecule has 1 atom stereocenters. The molecule has 1 aliphatic rings. The zero-order valence-electron chi connectivity index (χ0n) is 11.7. The van der Waals surface area contributed by atoms with E-state index >= 15 is 0 Å². The van der Waals surface area contributed by atoms with Crippen molar-refractivity contribution in [3.63, 3.8) is 0 Å². The summed E-state index contributed by atoms with van der Waals surface area (Å²) in [6.07, 6.45) is -3.41. The lowest BCUT2D eigenvalue weighted by Gasteiger charge is -2.35. The summed E-state index contributed by atoms with van der Waals surface area (Å²) in [6.45, 7) is 2.75. The Balaban J connectivity index is 2.15. The van der Waals surface area contributed by atoms with Crippen molar-refractivity contribution >= 4 is 5.97 Å². The molecule has 1 saturated heterocycles. The van der Waals surface area contributed by atoms with Crippen molar-refractivity contribution in [1.82, 2.24) is 4.90 Å². The summed E-state index contributed by atoms with van der Waals surface area (Å²) < 4.78 is 39.1. The third-order valence-electron chi connectivity index (χ3n) is 4.14. The highest BCUT2D eigenvalue weighted by molar-refractivity contribution is 5.70. The smallest absolute Gasteiger partial charge is 0.416 e. The number of likely N-dealkylation sites (tertiary alicyclic amines) is 1. The molecule has 1 heterocycles. The van der Waals surface area contributed by atoms with E-state index in [-0.39, 0.29) is 17.5 Å². The number of hydrogen-bond acceptors (Lipinski definition) is 2. The van der Waals surface area contributed by atoms with Crippen molar-refractivity contribution in [1.29, 1.82) is 0 Å². The lowest BCUT2D eigenvalue weighted by atomic mass is 9.93. The molecular formula is C15H18F3NO2. The molecule has 1 fully saturated rings. The van der Waals surface area contributed by atoms with Crippen LogP contribution in [0.5, 0.6) is 0 Å². The van der Waals surface area contributed by atoms with Gasteiger partial charge in [0, 0.05) is 6.04 Å². The molecule has 1 aromatic carbocycles. The number of aliphatic carboxylic acids is 1. The molecule has 0 spiro atoms. The number of carboxylic acids is 1. The second-order valence-electron chi connectivity index (χ2n) is 5.41. The molecular weight excluding hydrogens is 283 g/mol. The second kappa shape index (κ2) is 6.05. The zero-order chi connectivity index (χ0) is 15.6. The largest absolute Gasteiger partial charge is 0.481 e. The van der Waals surface area contributed by atoms with E-state index < -0.39 is 17.7 Å². The molecule has 1 N–H and O–H groups in total. The van der Waals surface area contributed by atoms with Gasteiger partial charge in [-0.25, -0.2) is 0 Å². The average molecular weight is 301 g/mol. The number of rotatable bonds is 3. The lowest BCUT2D eigenvalue weighted by Crippen LogP contribution is -2.38. The van der Waals surface area contributed by atoms with Gasteiger partial charge in [0.2, 0.25) is 0 Å². The third-order valence-corrected chi connectivity index (χ3v) is 4.14. The molecule has 1 aliphatic heterocycles. The quantitative estimate of drug-likeness (QED) is 0.928. The van der Waals surface area contributed by atoms with Gasteiger partial charge < -0.3 is 5.11 Å². The molecule has 0 aromatic heterocycles. The Labute approximate surface area is 121 Å². The highest BCUT2D eigenvalue weighted by atomic mass is 19.4. The van der Waals surface area contributed by atoms with Gasteiger partial charge >= 0.3 is 12.1 Å². The van der Waals surface area contributed by atoms with Crippen molar-refractivity contribution in [2.24, 2.45) is 5.92 Å². The SMILES string of the molecule is CC(c1ccccc1C(F)(F)F)N1CCC(C(=O)O)CC1. The molecule has 2 rings (SSSR count). The maximum atomic E-state index is 13.0. The molecule has 6 heteroatoms. The van der Waals surface area contributed by atoms with Crippen LogP contribution < -0.4 is 0 Å². The van der Waals surface area contributed by atoms with Crippen LogP contribution >= 0.6 is 0 Å². The normalized spacial score (nSPS) is 19.4. The van der Waals surface area contributed by atoms with Crippen LogP contribution in [0, 0.1) is 5.92 Å².